The summed E-state index contributed by atoms with van der Waals surface area (Å²) in [7, 11) is 0. The van der Waals surface area contributed by atoms with Gasteiger partial charge in [0.25, 0.3) is 5.91 Å². The van der Waals surface area contributed by atoms with Gasteiger partial charge in [-0.2, -0.15) is 4.57 Å². The van der Waals surface area contributed by atoms with Gasteiger partial charge < -0.3 is 28.1 Å². The Kier molecular flexibility index (Phi) is 6.34. The minimum absolute atomic E-state index is 0. The lowest BCUT2D eigenvalue weighted by molar-refractivity contribution is -0.684. The first-order valence-corrected chi connectivity index (χ1v) is 6.38. The van der Waals surface area contributed by atoms with E-state index >= 15 is 0 Å². The number of aromatic nitrogens is 1. The summed E-state index contributed by atoms with van der Waals surface area (Å²) in [6, 6.07) is 10.1. The zero-order valence-electron chi connectivity index (χ0n) is 11.9. The molecular weight excluding hydrogens is 306 g/mol. The van der Waals surface area contributed by atoms with Crippen molar-refractivity contribution in [1.82, 2.24) is 0 Å². The topological polar surface area (TPSA) is 82.3 Å². The third kappa shape index (κ3) is 5.41. The van der Waals surface area contributed by atoms with E-state index in [1.807, 2.05) is 0 Å². The maximum Gasteiger partial charge on any atom is 0.290 e. The van der Waals surface area contributed by atoms with Crippen molar-refractivity contribution in [3.05, 3.63) is 48.8 Å². The van der Waals surface area contributed by atoms with Crippen LogP contribution < -0.4 is 27.6 Å². The highest BCUT2D eigenvalue weighted by atomic mass is 35.5. The number of rotatable bonds is 4. The van der Waals surface area contributed by atoms with Crippen LogP contribution in [0, 0.1) is 0 Å². The fourth-order valence-corrected chi connectivity index (χ4v) is 1.85. The van der Waals surface area contributed by atoms with Crippen LogP contribution in [0.3, 0.4) is 0 Å². The molecule has 0 atom stereocenters. The van der Waals surface area contributed by atoms with Crippen molar-refractivity contribution in [3.63, 3.8) is 0 Å². The highest BCUT2D eigenvalue weighted by Crippen LogP contribution is 2.14. The second kappa shape index (κ2) is 7.99. The van der Waals surface area contributed by atoms with Crippen molar-refractivity contribution in [1.29, 1.82) is 0 Å². The Balaban J connectivity index is 0.00000242. The maximum atomic E-state index is 11.9. The summed E-state index contributed by atoms with van der Waals surface area (Å²) in [5.41, 5.74) is 1.21. The molecule has 0 fully saturated rings. The summed E-state index contributed by atoms with van der Waals surface area (Å²) in [6.45, 7) is 1.50. The summed E-state index contributed by atoms with van der Waals surface area (Å²) in [5, 5.41) is 14.7. The molecule has 0 unspecified atom stereocenters. The van der Waals surface area contributed by atoms with Gasteiger partial charge in [0.15, 0.2) is 11.9 Å². The van der Waals surface area contributed by atoms with Crippen molar-refractivity contribution in [3.8, 4) is 5.75 Å². The molecule has 22 heavy (non-hydrogen) atoms. The molecule has 2 amide bonds. The molecule has 0 saturated carbocycles. The van der Waals surface area contributed by atoms with Crippen LogP contribution in [0.15, 0.2) is 48.8 Å². The van der Waals surface area contributed by atoms with Gasteiger partial charge in [0.2, 0.25) is 18.6 Å². The number of carbonyl (C=O) groups is 2. The second-order valence-corrected chi connectivity index (χ2v) is 4.54. The number of amides is 2. The average Bonchev–Trinajstić information content (AvgIpc) is 2.37. The third-order valence-corrected chi connectivity index (χ3v) is 2.64. The lowest BCUT2D eigenvalue weighted by atomic mass is 10.2. The Morgan fingerprint density at radius 2 is 1.82 bits per heavy atom. The molecule has 7 heteroatoms. The number of hydrogen-bond acceptors (Lipinski definition) is 3. The second-order valence-electron chi connectivity index (χ2n) is 4.54. The maximum absolute atomic E-state index is 11.9. The number of aromatic hydroxyl groups is 1. The Morgan fingerprint density at radius 3 is 2.45 bits per heavy atom. The highest BCUT2D eigenvalue weighted by molar-refractivity contribution is 5.92. The van der Waals surface area contributed by atoms with Crippen LogP contribution in [0.25, 0.3) is 0 Å². The molecule has 0 aliphatic heterocycles. The largest absolute Gasteiger partial charge is 1.00 e. The number of pyridine rings is 1. The molecule has 2 rings (SSSR count). The predicted molar refractivity (Wildman–Crippen MR) is 77.7 cm³/mol. The van der Waals surface area contributed by atoms with Gasteiger partial charge in [-0.3, -0.25) is 9.59 Å². The standard InChI is InChI=1S/C15H15N3O3.ClH/c1-11(19)16-12-4-2-5-13(8-12)17-15(21)10-18-7-3-6-14(20)9-18;/h2-9H,10H2,1H3,(H2-,16,17,19,20,21);1H. The number of anilines is 2. The predicted octanol–water partition coefficient (Wildman–Crippen LogP) is -1.72. The molecule has 116 valence electrons. The zero-order valence-corrected chi connectivity index (χ0v) is 12.7. The highest BCUT2D eigenvalue weighted by Gasteiger charge is 2.10. The minimum atomic E-state index is -0.231. The van der Waals surface area contributed by atoms with Crippen LogP contribution in [0.5, 0.6) is 5.75 Å². The fourth-order valence-electron chi connectivity index (χ4n) is 1.85. The van der Waals surface area contributed by atoms with Crippen molar-refractivity contribution >= 4 is 23.2 Å². The van der Waals surface area contributed by atoms with E-state index in [1.54, 1.807) is 41.1 Å². The summed E-state index contributed by atoms with van der Waals surface area (Å²) in [4.78, 5) is 22.9. The lowest BCUT2D eigenvalue weighted by Gasteiger charge is -2.06. The molecule has 6 nitrogen and oxygen atoms in total. The van der Waals surface area contributed by atoms with Crippen molar-refractivity contribution < 1.29 is 31.7 Å². The van der Waals surface area contributed by atoms with Crippen LogP contribution >= 0.6 is 0 Å². The van der Waals surface area contributed by atoms with E-state index in [4.69, 9.17) is 0 Å². The number of hydrogen-bond donors (Lipinski definition) is 3. The quantitative estimate of drug-likeness (QED) is 0.586. The monoisotopic (exact) mass is 321 g/mol. The summed E-state index contributed by atoms with van der Waals surface area (Å²) >= 11 is 0. The number of nitrogens with zero attached hydrogens (tertiary/aromatic N) is 1. The Labute approximate surface area is 134 Å². The lowest BCUT2D eigenvalue weighted by Crippen LogP contribution is -3.00. The van der Waals surface area contributed by atoms with Gasteiger partial charge in [-0.1, -0.05) is 6.07 Å². The first-order chi connectivity index (χ1) is 10.0. The van der Waals surface area contributed by atoms with Gasteiger partial charge in [0, 0.05) is 24.4 Å². The Morgan fingerprint density at radius 1 is 1.14 bits per heavy atom. The Hall–Kier alpha value is -2.60. The van der Waals surface area contributed by atoms with Crippen molar-refractivity contribution in [2.45, 2.75) is 13.5 Å². The molecule has 1 heterocycles. The first-order valence-electron chi connectivity index (χ1n) is 6.38. The van der Waals surface area contributed by atoms with Crippen LogP contribution in [-0.4, -0.2) is 16.9 Å². The SMILES string of the molecule is CC(=O)Nc1cccc(NC(=O)C[n+]2cccc(O)c2)c1.[Cl-]. The minimum Gasteiger partial charge on any atom is -1.00 e. The number of carbonyl (C=O) groups excluding carboxylic acids is 2. The van der Waals surface area contributed by atoms with Gasteiger partial charge in [-0.05, 0) is 24.3 Å². The van der Waals surface area contributed by atoms with Crippen LogP contribution in [-0.2, 0) is 16.1 Å². The molecule has 1 aromatic heterocycles. The van der Waals surface area contributed by atoms with Crippen LogP contribution in [0.1, 0.15) is 6.92 Å². The molecule has 0 radical (unpaired) electrons. The molecule has 3 N–H and O–H groups in total. The van der Waals surface area contributed by atoms with Crippen LogP contribution in [0.4, 0.5) is 11.4 Å². The summed E-state index contributed by atoms with van der Waals surface area (Å²) in [6.07, 6.45) is 3.15. The molecule has 2 aromatic rings. The van der Waals surface area contributed by atoms with Gasteiger partial charge in [-0.25, -0.2) is 0 Å². The van der Waals surface area contributed by atoms with Gasteiger partial charge in [0.1, 0.15) is 0 Å². The first kappa shape index (κ1) is 17.5. The fraction of sp³-hybridized carbons (Fsp3) is 0.133. The van der Waals surface area contributed by atoms with E-state index < -0.39 is 0 Å². The van der Waals surface area contributed by atoms with Gasteiger partial charge >= 0.3 is 0 Å². The van der Waals surface area contributed by atoms with Crippen LogP contribution in [0.2, 0.25) is 0 Å². The van der Waals surface area contributed by atoms with E-state index in [0.717, 1.165) is 0 Å². The number of benzene rings is 1. The van der Waals surface area contributed by atoms with E-state index in [-0.39, 0.29) is 36.5 Å². The molecular formula is C15H16ClN3O3. The summed E-state index contributed by atoms with van der Waals surface area (Å²) in [5.74, 6) is -0.308. The van der Waals surface area contributed by atoms with E-state index in [2.05, 4.69) is 10.6 Å². The van der Waals surface area contributed by atoms with Gasteiger partial charge in [0.05, 0.1) is 0 Å². The van der Waals surface area contributed by atoms with Gasteiger partial charge in [-0.15, -0.1) is 0 Å². The molecule has 0 aliphatic rings. The molecule has 0 saturated heterocycles. The Bertz CT molecular complexity index is 677. The molecule has 1 aromatic carbocycles. The third-order valence-electron chi connectivity index (χ3n) is 2.64. The molecule has 0 aliphatic carbocycles. The number of halogens is 1. The molecule has 0 spiro atoms. The summed E-state index contributed by atoms with van der Waals surface area (Å²) < 4.78 is 1.57. The van der Waals surface area contributed by atoms with E-state index in [0.29, 0.717) is 11.4 Å². The zero-order chi connectivity index (χ0) is 15.2. The smallest absolute Gasteiger partial charge is 0.290 e. The van der Waals surface area contributed by atoms with E-state index in [1.165, 1.54) is 19.2 Å². The van der Waals surface area contributed by atoms with E-state index in [9.17, 15) is 14.7 Å². The number of nitrogens with one attached hydrogen (secondary N) is 2. The molecule has 0 bridgehead atoms. The van der Waals surface area contributed by atoms with Crippen molar-refractivity contribution in [2.24, 2.45) is 0 Å². The normalized spacial score (nSPS) is 9.50. The van der Waals surface area contributed by atoms with Crippen molar-refractivity contribution in [2.75, 3.05) is 10.6 Å². The average molecular weight is 322 g/mol.